The molecule has 1 aromatic rings. The summed E-state index contributed by atoms with van der Waals surface area (Å²) >= 11 is 1.73. The van der Waals surface area contributed by atoms with Crippen molar-refractivity contribution in [3.63, 3.8) is 0 Å². The first-order chi connectivity index (χ1) is 11.0. The molecule has 0 spiro atoms. The summed E-state index contributed by atoms with van der Waals surface area (Å²) in [6.45, 7) is 1.46. The number of aliphatic imine (C=N–C) groups is 1. The highest BCUT2D eigenvalue weighted by atomic mass is 32.2. The highest BCUT2D eigenvalue weighted by molar-refractivity contribution is 7.98. The van der Waals surface area contributed by atoms with Gasteiger partial charge in [-0.05, 0) is 39.2 Å². The average Bonchev–Trinajstić information content (AvgIpc) is 2.92. The van der Waals surface area contributed by atoms with E-state index in [9.17, 15) is 10.1 Å². The van der Waals surface area contributed by atoms with Gasteiger partial charge in [-0.1, -0.05) is 0 Å². The lowest BCUT2D eigenvalue weighted by Crippen LogP contribution is -2.31. The highest BCUT2D eigenvalue weighted by Crippen LogP contribution is 2.16. The summed E-state index contributed by atoms with van der Waals surface area (Å²) in [6.07, 6.45) is 2.05. The number of nitrogens with one attached hydrogen (secondary N) is 1. The molecule has 0 unspecified atom stereocenters. The van der Waals surface area contributed by atoms with Crippen molar-refractivity contribution < 1.29 is 9.34 Å². The molecule has 1 heterocycles. The van der Waals surface area contributed by atoms with Gasteiger partial charge >= 0.3 is 0 Å². The van der Waals surface area contributed by atoms with Gasteiger partial charge in [0.05, 0.1) is 5.75 Å². The topological polar surface area (TPSA) is 83.9 Å². The second kappa shape index (κ2) is 11.1. The van der Waals surface area contributed by atoms with Crippen molar-refractivity contribution >= 4 is 17.6 Å². The van der Waals surface area contributed by atoms with Crippen molar-refractivity contribution in [3.8, 4) is 0 Å². The summed E-state index contributed by atoms with van der Waals surface area (Å²) in [6, 6.07) is 4.07. The third-order valence-corrected chi connectivity index (χ3v) is 4.10. The van der Waals surface area contributed by atoms with Crippen LogP contribution in [0.4, 0.5) is 0 Å². The summed E-state index contributed by atoms with van der Waals surface area (Å²) in [5.74, 6) is 4.07. The van der Waals surface area contributed by atoms with Gasteiger partial charge in [0.15, 0.2) is 5.84 Å². The Morgan fingerprint density at radius 3 is 2.83 bits per heavy atom. The second-order valence-corrected chi connectivity index (χ2v) is 6.52. The molecule has 0 aliphatic carbocycles. The third-order valence-electron chi connectivity index (χ3n) is 3.11. The fraction of sp³-hybridized carbons (Fsp3) is 0.667. The molecule has 8 heteroatoms. The lowest BCUT2D eigenvalue weighted by molar-refractivity contribution is -0.463. The van der Waals surface area contributed by atoms with E-state index in [1.807, 2.05) is 12.1 Å². The molecule has 0 saturated heterocycles. The quantitative estimate of drug-likeness (QED) is 0.217. The number of amidine groups is 1. The molecule has 0 aromatic carbocycles. The van der Waals surface area contributed by atoms with Crippen molar-refractivity contribution in [2.75, 3.05) is 46.5 Å². The van der Waals surface area contributed by atoms with Crippen LogP contribution in [0.15, 0.2) is 21.5 Å². The van der Waals surface area contributed by atoms with Crippen LogP contribution in [-0.2, 0) is 12.2 Å². The molecule has 0 aliphatic heterocycles. The molecule has 0 saturated carbocycles. The second-order valence-electron chi connectivity index (χ2n) is 5.42. The maximum atomic E-state index is 10.4. The molecule has 0 radical (unpaired) electrons. The third kappa shape index (κ3) is 9.25. The predicted octanol–water partition coefficient (Wildman–Crippen LogP) is 1.90. The lowest BCUT2D eigenvalue weighted by Gasteiger charge is -2.07. The van der Waals surface area contributed by atoms with E-state index in [1.165, 1.54) is 0 Å². The van der Waals surface area contributed by atoms with Gasteiger partial charge in [-0.2, -0.15) is 11.8 Å². The first-order valence-electron chi connectivity index (χ1n) is 7.62. The Bertz CT molecular complexity index is 503. The van der Waals surface area contributed by atoms with Crippen LogP contribution in [0.5, 0.6) is 0 Å². The number of rotatable bonds is 11. The van der Waals surface area contributed by atoms with Gasteiger partial charge in [0.1, 0.15) is 11.5 Å². The number of aryl methyl sites for hydroxylation is 1. The van der Waals surface area contributed by atoms with Crippen LogP contribution in [0.2, 0.25) is 0 Å². The molecule has 7 nitrogen and oxygen atoms in total. The van der Waals surface area contributed by atoms with E-state index in [1.54, 1.807) is 18.8 Å². The molecule has 0 bridgehead atoms. The van der Waals surface area contributed by atoms with Gasteiger partial charge < -0.3 is 14.6 Å². The minimum atomic E-state index is -0.386. The van der Waals surface area contributed by atoms with E-state index in [0.717, 1.165) is 42.4 Å². The minimum absolute atomic E-state index is 0.254. The van der Waals surface area contributed by atoms with Crippen molar-refractivity contribution in [1.82, 2.24) is 10.2 Å². The van der Waals surface area contributed by atoms with Gasteiger partial charge in [0, 0.05) is 30.7 Å². The smallest absolute Gasteiger partial charge is 0.259 e. The number of nitro groups is 1. The summed E-state index contributed by atoms with van der Waals surface area (Å²) < 4.78 is 5.79. The lowest BCUT2D eigenvalue weighted by atomic mass is 10.2. The molecule has 0 fully saturated rings. The first-order valence-corrected chi connectivity index (χ1v) is 8.78. The minimum Gasteiger partial charge on any atom is -0.465 e. The zero-order valence-corrected chi connectivity index (χ0v) is 14.9. The Balaban J connectivity index is 2.16. The van der Waals surface area contributed by atoms with Gasteiger partial charge in [-0.3, -0.25) is 15.1 Å². The molecule has 23 heavy (non-hydrogen) atoms. The van der Waals surface area contributed by atoms with Crippen LogP contribution in [0.25, 0.3) is 0 Å². The highest BCUT2D eigenvalue weighted by Gasteiger charge is 2.06. The fourth-order valence-corrected chi connectivity index (χ4v) is 2.72. The van der Waals surface area contributed by atoms with Gasteiger partial charge in [0.2, 0.25) is 0 Å². The summed E-state index contributed by atoms with van der Waals surface area (Å²) in [7, 11) is 5.69. The zero-order chi connectivity index (χ0) is 17.1. The van der Waals surface area contributed by atoms with Gasteiger partial charge in [-0.25, -0.2) is 0 Å². The van der Waals surface area contributed by atoms with E-state index in [4.69, 9.17) is 4.42 Å². The van der Waals surface area contributed by atoms with Crippen LogP contribution in [-0.4, -0.2) is 62.2 Å². The van der Waals surface area contributed by atoms with Crippen LogP contribution >= 0.6 is 11.8 Å². The summed E-state index contributed by atoms with van der Waals surface area (Å²) in [5.41, 5.74) is 0. The van der Waals surface area contributed by atoms with Crippen LogP contribution in [0.1, 0.15) is 17.9 Å². The molecule has 0 aliphatic rings. The largest absolute Gasteiger partial charge is 0.465 e. The Morgan fingerprint density at radius 2 is 2.17 bits per heavy atom. The molecule has 1 aromatic heterocycles. The molecule has 130 valence electrons. The van der Waals surface area contributed by atoms with Crippen molar-refractivity contribution in [2.45, 2.75) is 18.6 Å². The number of furan rings is 1. The zero-order valence-electron chi connectivity index (χ0n) is 14.1. The van der Waals surface area contributed by atoms with Crippen LogP contribution in [0.3, 0.4) is 0 Å². The maximum absolute atomic E-state index is 10.4. The Hall–Kier alpha value is -1.54. The van der Waals surface area contributed by atoms with E-state index in [2.05, 4.69) is 29.3 Å². The number of thioether (sulfide) groups is 1. The SMILES string of the molecule is CN=C(C[N+](=O)[O-])NCCSCc1ccc(CCCN(C)C)o1. The van der Waals surface area contributed by atoms with Gasteiger partial charge in [0.25, 0.3) is 6.54 Å². The Labute approximate surface area is 141 Å². The Kier molecular flexibility index (Phi) is 9.39. The van der Waals surface area contributed by atoms with Crippen molar-refractivity contribution in [1.29, 1.82) is 0 Å². The van der Waals surface area contributed by atoms with E-state index < -0.39 is 0 Å². The number of hydrogen-bond acceptors (Lipinski definition) is 6. The molecule has 1 N–H and O–H groups in total. The van der Waals surface area contributed by atoms with Crippen LogP contribution < -0.4 is 5.32 Å². The summed E-state index contributed by atoms with van der Waals surface area (Å²) in [5, 5.41) is 13.4. The average molecular weight is 342 g/mol. The Morgan fingerprint density at radius 1 is 1.43 bits per heavy atom. The van der Waals surface area contributed by atoms with E-state index in [0.29, 0.717) is 12.4 Å². The van der Waals surface area contributed by atoms with Crippen molar-refractivity contribution in [2.24, 2.45) is 4.99 Å². The number of nitrogens with zero attached hydrogens (tertiary/aromatic N) is 3. The molecular formula is C15H26N4O3S. The normalized spacial score (nSPS) is 11.9. The van der Waals surface area contributed by atoms with E-state index in [-0.39, 0.29) is 11.5 Å². The molecule has 1 rings (SSSR count). The summed E-state index contributed by atoms with van der Waals surface area (Å²) in [4.78, 5) is 16.1. The van der Waals surface area contributed by atoms with Crippen LogP contribution in [0, 0.1) is 10.1 Å². The predicted molar refractivity (Wildman–Crippen MR) is 95.0 cm³/mol. The molecular weight excluding hydrogens is 316 g/mol. The van der Waals surface area contributed by atoms with Gasteiger partial charge in [-0.15, -0.1) is 0 Å². The van der Waals surface area contributed by atoms with E-state index >= 15 is 0 Å². The molecule has 0 atom stereocenters. The van der Waals surface area contributed by atoms with Crippen molar-refractivity contribution in [3.05, 3.63) is 33.8 Å². The fourth-order valence-electron chi connectivity index (χ4n) is 1.97. The number of hydrogen-bond donors (Lipinski definition) is 1. The maximum Gasteiger partial charge on any atom is 0.259 e. The first kappa shape index (κ1) is 19.5. The monoisotopic (exact) mass is 342 g/mol. The molecule has 0 amide bonds. The standard InChI is InChI=1S/C15H26N4O3S/c1-16-15(11-19(20)21)17-8-10-23-12-14-7-6-13(22-14)5-4-9-18(2)3/h6-7H,4-5,8-12H2,1-3H3,(H,16,17).